The molecule has 10 heteroatoms. The van der Waals surface area contributed by atoms with Crippen LogP contribution in [0.25, 0.3) is 0 Å². The number of carbonyl (C=O) groups excluding carboxylic acids is 1. The molecule has 0 saturated carbocycles. The minimum atomic E-state index is -0.540. The van der Waals surface area contributed by atoms with E-state index in [-0.39, 0.29) is 12.6 Å². The zero-order chi connectivity index (χ0) is 20.6. The molecule has 2 aromatic rings. The monoisotopic (exact) mass is 387 g/mol. The summed E-state index contributed by atoms with van der Waals surface area (Å²) in [6, 6.07) is 5.21. The zero-order valence-corrected chi connectivity index (χ0v) is 16.4. The summed E-state index contributed by atoms with van der Waals surface area (Å²) in [4.78, 5) is 20.1. The quantitative estimate of drug-likeness (QED) is 0.626. The van der Waals surface area contributed by atoms with Crippen LogP contribution in [0.4, 0.5) is 10.6 Å². The van der Waals surface area contributed by atoms with Crippen LogP contribution in [0.2, 0.25) is 0 Å². The molecule has 2 heterocycles. The molecule has 0 spiro atoms. The number of H-pyrrole nitrogens is 1. The van der Waals surface area contributed by atoms with Gasteiger partial charge in [-0.15, -0.1) is 0 Å². The van der Waals surface area contributed by atoms with Gasteiger partial charge in [0.25, 0.3) is 0 Å². The molecule has 150 valence electrons. The number of pyridine rings is 1. The van der Waals surface area contributed by atoms with Crippen LogP contribution in [0.15, 0.2) is 18.3 Å². The van der Waals surface area contributed by atoms with Gasteiger partial charge in [0, 0.05) is 6.20 Å². The standard InChI is InChI=1S/C18H25N7O3/c1-12(22-17(26)28-18(2,3)4)10-27-11-16-23-15(24-25-16)9-21-14-6-5-13(7-19)8-20-14/h5-6,8,12H,9-11H2,1-4H3,(H,20,21)(H,22,26)(H,23,24,25)/t12-/m0/s1. The number of nitriles is 1. The van der Waals surface area contributed by atoms with Crippen molar-refractivity contribution >= 4 is 11.9 Å². The van der Waals surface area contributed by atoms with Gasteiger partial charge < -0.3 is 20.1 Å². The Hall–Kier alpha value is -3.19. The Morgan fingerprint density at radius 2 is 2.18 bits per heavy atom. The summed E-state index contributed by atoms with van der Waals surface area (Å²) in [6.07, 6.45) is 1.01. The van der Waals surface area contributed by atoms with Crippen molar-refractivity contribution in [2.45, 2.75) is 52.5 Å². The van der Waals surface area contributed by atoms with Gasteiger partial charge in [0.2, 0.25) is 0 Å². The highest BCUT2D eigenvalue weighted by Crippen LogP contribution is 2.07. The fourth-order valence-corrected chi connectivity index (χ4v) is 2.09. The summed E-state index contributed by atoms with van der Waals surface area (Å²) in [6.45, 7) is 8.16. The van der Waals surface area contributed by atoms with Crippen LogP contribution < -0.4 is 10.6 Å². The van der Waals surface area contributed by atoms with E-state index >= 15 is 0 Å². The third-order valence-corrected chi connectivity index (χ3v) is 3.27. The molecule has 2 aromatic heterocycles. The lowest BCUT2D eigenvalue weighted by Gasteiger charge is -2.21. The number of anilines is 1. The topological polar surface area (TPSA) is 138 Å². The lowest BCUT2D eigenvalue weighted by Crippen LogP contribution is -2.39. The maximum atomic E-state index is 11.7. The number of nitrogens with one attached hydrogen (secondary N) is 3. The number of carbonyl (C=O) groups is 1. The maximum absolute atomic E-state index is 11.7. The molecule has 0 aliphatic heterocycles. The maximum Gasteiger partial charge on any atom is 0.407 e. The molecule has 3 N–H and O–H groups in total. The Morgan fingerprint density at radius 1 is 1.39 bits per heavy atom. The molecule has 2 rings (SSSR count). The van der Waals surface area contributed by atoms with E-state index in [1.165, 1.54) is 6.20 Å². The van der Waals surface area contributed by atoms with Crippen molar-refractivity contribution in [3.05, 3.63) is 35.5 Å². The van der Waals surface area contributed by atoms with Crippen molar-refractivity contribution in [3.63, 3.8) is 0 Å². The zero-order valence-electron chi connectivity index (χ0n) is 16.4. The summed E-state index contributed by atoms with van der Waals surface area (Å²) in [5.74, 6) is 1.77. The van der Waals surface area contributed by atoms with Gasteiger partial charge in [-0.2, -0.15) is 10.4 Å². The molecule has 0 aliphatic carbocycles. The van der Waals surface area contributed by atoms with E-state index in [0.717, 1.165) is 0 Å². The number of amides is 1. The normalized spacial score (nSPS) is 12.1. The van der Waals surface area contributed by atoms with E-state index in [4.69, 9.17) is 14.7 Å². The summed E-state index contributed by atoms with van der Waals surface area (Å²) in [5, 5.41) is 21.5. The molecule has 0 fully saturated rings. The van der Waals surface area contributed by atoms with E-state index in [1.54, 1.807) is 32.9 Å². The second kappa shape index (κ2) is 9.66. The first kappa shape index (κ1) is 21.1. The number of alkyl carbamates (subject to hydrolysis) is 1. The number of hydrogen-bond acceptors (Lipinski definition) is 8. The SMILES string of the molecule is C[C@@H](COCc1n[nH]c(CNc2ccc(C#N)cn2)n1)NC(=O)OC(C)(C)C. The molecule has 0 radical (unpaired) electrons. The van der Waals surface area contributed by atoms with Crippen LogP contribution in [-0.4, -0.2) is 44.5 Å². The van der Waals surface area contributed by atoms with Crippen LogP contribution in [0, 0.1) is 11.3 Å². The van der Waals surface area contributed by atoms with Gasteiger partial charge in [0.15, 0.2) is 5.82 Å². The van der Waals surface area contributed by atoms with E-state index in [1.807, 2.05) is 13.0 Å². The van der Waals surface area contributed by atoms with Gasteiger partial charge in [-0.1, -0.05) is 0 Å². The first-order chi connectivity index (χ1) is 13.2. The van der Waals surface area contributed by atoms with Gasteiger partial charge in [-0.05, 0) is 39.8 Å². The van der Waals surface area contributed by atoms with Crippen LogP contribution in [0.1, 0.15) is 44.9 Å². The third-order valence-electron chi connectivity index (χ3n) is 3.27. The van der Waals surface area contributed by atoms with E-state index in [2.05, 4.69) is 30.8 Å². The van der Waals surface area contributed by atoms with Crippen molar-refractivity contribution in [1.29, 1.82) is 5.26 Å². The van der Waals surface area contributed by atoms with E-state index in [0.29, 0.717) is 36.2 Å². The van der Waals surface area contributed by atoms with Gasteiger partial charge in [0.1, 0.15) is 29.9 Å². The second-order valence-corrected chi connectivity index (χ2v) is 7.16. The van der Waals surface area contributed by atoms with E-state index < -0.39 is 11.7 Å². The molecule has 1 amide bonds. The summed E-state index contributed by atoms with van der Waals surface area (Å²) < 4.78 is 10.7. The van der Waals surface area contributed by atoms with Crippen LogP contribution in [-0.2, 0) is 22.6 Å². The van der Waals surface area contributed by atoms with Crippen LogP contribution in [0.5, 0.6) is 0 Å². The van der Waals surface area contributed by atoms with Crippen molar-refractivity contribution in [2.75, 3.05) is 11.9 Å². The Labute approximate surface area is 163 Å². The lowest BCUT2D eigenvalue weighted by molar-refractivity contribution is 0.0438. The Morgan fingerprint density at radius 3 is 2.82 bits per heavy atom. The number of aromatic nitrogens is 4. The molecule has 10 nitrogen and oxygen atoms in total. The fourth-order valence-electron chi connectivity index (χ4n) is 2.09. The molecule has 0 aliphatic rings. The molecule has 0 bridgehead atoms. The molecular weight excluding hydrogens is 362 g/mol. The average Bonchev–Trinajstić information content (AvgIpc) is 3.06. The summed E-state index contributed by atoms with van der Waals surface area (Å²) in [5.41, 5.74) is -0.0403. The largest absolute Gasteiger partial charge is 0.444 e. The average molecular weight is 387 g/mol. The number of aromatic amines is 1. The van der Waals surface area contributed by atoms with Crippen molar-refractivity contribution in [2.24, 2.45) is 0 Å². The smallest absolute Gasteiger partial charge is 0.407 e. The van der Waals surface area contributed by atoms with Crippen molar-refractivity contribution in [1.82, 2.24) is 25.5 Å². The molecule has 1 atom stereocenters. The molecule has 0 unspecified atom stereocenters. The number of nitrogens with zero attached hydrogens (tertiary/aromatic N) is 4. The number of ether oxygens (including phenoxy) is 2. The molecule has 28 heavy (non-hydrogen) atoms. The minimum absolute atomic E-state index is 0.211. The van der Waals surface area contributed by atoms with Crippen LogP contribution in [0.3, 0.4) is 0 Å². The fraction of sp³-hybridized carbons (Fsp3) is 0.500. The predicted molar refractivity (Wildman–Crippen MR) is 101 cm³/mol. The lowest BCUT2D eigenvalue weighted by atomic mass is 10.2. The molecule has 0 saturated heterocycles. The minimum Gasteiger partial charge on any atom is -0.444 e. The highest BCUT2D eigenvalue weighted by molar-refractivity contribution is 5.68. The van der Waals surface area contributed by atoms with Crippen LogP contribution >= 0.6 is 0 Å². The second-order valence-electron chi connectivity index (χ2n) is 7.16. The van der Waals surface area contributed by atoms with Crippen molar-refractivity contribution in [3.8, 4) is 6.07 Å². The van der Waals surface area contributed by atoms with Gasteiger partial charge in [-0.25, -0.2) is 14.8 Å². The third kappa shape index (κ3) is 7.59. The van der Waals surface area contributed by atoms with Gasteiger partial charge in [0.05, 0.1) is 24.8 Å². The first-order valence-electron chi connectivity index (χ1n) is 8.82. The predicted octanol–water partition coefficient (Wildman–Crippen LogP) is 2.11. The Bertz CT molecular complexity index is 806. The Kier molecular flexibility index (Phi) is 7.28. The van der Waals surface area contributed by atoms with Crippen molar-refractivity contribution < 1.29 is 14.3 Å². The Balaban J connectivity index is 1.69. The van der Waals surface area contributed by atoms with E-state index in [9.17, 15) is 4.79 Å². The summed E-state index contributed by atoms with van der Waals surface area (Å²) >= 11 is 0. The van der Waals surface area contributed by atoms with Gasteiger partial charge in [-0.3, -0.25) is 5.10 Å². The highest BCUT2D eigenvalue weighted by atomic mass is 16.6. The van der Waals surface area contributed by atoms with Gasteiger partial charge >= 0.3 is 6.09 Å². The number of rotatable bonds is 8. The first-order valence-corrected chi connectivity index (χ1v) is 8.82. The molecule has 0 aromatic carbocycles. The highest BCUT2D eigenvalue weighted by Gasteiger charge is 2.17. The summed E-state index contributed by atoms with van der Waals surface area (Å²) in [7, 11) is 0. The molecular formula is C18H25N7O3. The number of hydrogen-bond donors (Lipinski definition) is 3.